The van der Waals surface area contributed by atoms with E-state index in [1.807, 2.05) is 25.2 Å². The average Bonchev–Trinajstić information content (AvgIpc) is 2.38. The van der Waals surface area contributed by atoms with Crippen LogP contribution in [0.3, 0.4) is 0 Å². The number of anilines is 1. The number of hydrogen-bond donors (Lipinski definition) is 1. The standard InChI is InChI=1S/C16H20N2O/c1-16(2,3)12-6-5-7-14(8-12)19-15-9-13(17-4)10-18-11-15/h5-11,17H,1-4H3. The lowest BCUT2D eigenvalue weighted by atomic mass is 9.87. The van der Waals surface area contributed by atoms with Gasteiger partial charge in [0.2, 0.25) is 0 Å². The highest BCUT2D eigenvalue weighted by Crippen LogP contribution is 2.28. The number of ether oxygens (including phenoxy) is 1. The summed E-state index contributed by atoms with van der Waals surface area (Å²) in [6.45, 7) is 6.57. The van der Waals surface area contributed by atoms with Crippen LogP contribution in [0, 0.1) is 0 Å². The Morgan fingerprint density at radius 3 is 2.53 bits per heavy atom. The molecule has 0 fully saturated rings. The van der Waals surface area contributed by atoms with E-state index in [0.29, 0.717) is 0 Å². The molecule has 3 heteroatoms. The lowest BCUT2D eigenvalue weighted by Gasteiger charge is -2.19. The Bertz CT molecular complexity index is 559. The molecule has 0 atom stereocenters. The van der Waals surface area contributed by atoms with E-state index < -0.39 is 0 Å². The highest BCUT2D eigenvalue weighted by Gasteiger charge is 2.14. The van der Waals surface area contributed by atoms with Gasteiger partial charge in [0.15, 0.2) is 0 Å². The molecule has 0 aliphatic carbocycles. The number of nitrogens with one attached hydrogen (secondary N) is 1. The molecule has 2 rings (SSSR count). The fourth-order valence-electron chi connectivity index (χ4n) is 1.77. The van der Waals surface area contributed by atoms with Crippen LogP contribution in [0.15, 0.2) is 42.7 Å². The van der Waals surface area contributed by atoms with E-state index in [1.165, 1.54) is 5.56 Å². The Kier molecular flexibility index (Phi) is 3.74. The van der Waals surface area contributed by atoms with Crippen LogP contribution in [0.4, 0.5) is 5.69 Å². The van der Waals surface area contributed by atoms with E-state index in [9.17, 15) is 0 Å². The maximum absolute atomic E-state index is 5.85. The monoisotopic (exact) mass is 256 g/mol. The Morgan fingerprint density at radius 2 is 1.84 bits per heavy atom. The molecular formula is C16H20N2O. The predicted molar refractivity (Wildman–Crippen MR) is 79.0 cm³/mol. The summed E-state index contributed by atoms with van der Waals surface area (Å²) in [6.07, 6.45) is 3.48. The van der Waals surface area contributed by atoms with E-state index in [2.05, 4.69) is 43.2 Å². The molecule has 100 valence electrons. The van der Waals surface area contributed by atoms with E-state index in [0.717, 1.165) is 17.2 Å². The first kappa shape index (κ1) is 13.4. The zero-order chi connectivity index (χ0) is 13.9. The van der Waals surface area contributed by atoms with Crippen LogP contribution in [-0.4, -0.2) is 12.0 Å². The molecule has 0 radical (unpaired) electrons. The quantitative estimate of drug-likeness (QED) is 0.893. The fourth-order valence-corrected chi connectivity index (χ4v) is 1.77. The van der Waals surface area contributed by atoms with Crippen molar-refractivity contribution >= 4 is 5.69 Å². The van der Waals surface area contributed by atoms with Crippen LogP contribution in [0.25, 0.3) is 0 Å². The van der Waals surface area contributed by atoms with E-state index in [1.54, 1.807) is 12.4 Å². The molecule has 0 amide bonds. The fraction of sp³-hybridized carbons (Fsp3) is 0.312. The van der Waals surface area contributed by atoms with Gasteiger partial charge < -0.3 is 10.1 Å². The molecule has 0 bridgehead atoms. The van der Waals surface area contributed by atoms with Gasteiger partial charge in [-0.3, -0.25) is 4.98 Å². The highest BCUT2D eigenvalue weighted by atomic mass is 16.5. The van der Waals surface area contributed by atoms with Gasteiger partial charge in [-0.1, -0.05) is 32.9 Å². The summed E-state index contributed by atoms with van der Waals surface area (Å²) in [5.41, 5.74) is 2.30. The number of rotatable bonds is 3. The van der Waals surface area contributed by atoms with E-state index in [4.69, 9.17) is 4.74 Å². The lowest BCUT2D eigenvalue weighted by molar-refractivity contribution is 0.476. The van der Waals surface area contributed by atoms with Gasteiger partial charge in [0.25, 0.3) is 0 Å². The molecular weight excluding hydrogens is 236 g/mol. The van der Waals surface area contributed by atoms with Gasteiger partial charge in [-0.2, -0.15) is 0 Å². The van der Waals surface area contributed by atoms with Crippen molar-refractivity contribution in [1.29, 1.82) is 0 Å². The van der Waals surface area contributed by atoms with Crippen molar-refractivity contribution < 1.29 is 4.74 Å². The molecule has 1 aromatic carbocycles. The number of hydrogen-bond acceptors (Lipinski definition) is 3. The molecule has 0 saturated carbocycles. The second-order valence-corrected chi connectivity index (χ2v) is 5.54. The van der Waals surface area contributed by atoms with Gasteiger partial charge in [0.1, 0.15) is 11.5 Å². The van der Waals surface area contributed by atoms with Gasteiger partial charge in [-0.05, 0) is 23.1 Å². The molecule has 0 unspecified atom stereocenters. The summed E-state index contributed by atoms with van der Waals surface area (Å²) in [5, 5.41) is 3.05. The van der Waals surface area contributed by atoms with Crippen molar-refractivity contribution in [1.82, 2.24) is 4.98 Å². The lowest BCUT2D eigenvalue weighted by Crippen LogP contribution is -2.10. The second kappa shape index (κ2) is 5.31. The highest BCUT2D eigenvalue weighted by molar-refractivity contribution is 5.46. The molecule has 1 heterocycles. The largest absolute Gasteiger partial charge is 0.456 e. The van der Waals surface area contributed by atoms with Gasteiger partial charge in [-0.15, -0.1) is 0 Å². The Balaban J connectivity index is 2.23. The first-order valence-corrected chi connectivity index (χ1v) is 6.40. The average molecular weight is 256 g/mol. The zero-order valence-electron chi connectivity index (χ0n) is 11.9. The minimum absolute atomic E-state index is 0.116. The number of pyridine rings is 1. The van der Waals surface area contributed by atoms with E-state index >= 15 is 0 Å². The van der Waals surface area contributed by atoms with Crippen molar-refractivity contribution in [2.45, 2.75) is 26.2 Å². The predicted octanol–water partition coefficient (Wildman–Crippen LogP) is 4.21. The van der Waals surface area contributed by atoms with Crippen LogP contribution in [-0.2, 0) is 5.41 Å². The van der Waals surface area contributed by atoms with Gasteiger partial charge in [0, 0.05) is 13.1 Å². The Labute approximate surface area is 114 Å². The first-order valence-electron chi connectivity index (χ1n) is 6.40. The smallest absolute Gasteiger partial charge is 0.147 e. The third-order valence-electron chi connectivity index (χ3n) is 2.94. The summed E-state index contributed by atoms with van der Waals surface area (Å²) in [6, 6.07) is 10.1. The summed E-state index contributed by atoms with van der Waals surface area (Å²) in [5.74, 6) is 1.57. The third-order valence-corrected chi connectivity index (χ3v) is 2.94. The van der Waals surface area contributed by atoms with Crippen molar-refractivity contribution in [2.24, 2.45) is 0 Å². The molecule has 0 aliphatic rings. The molecule has 1 aromatic heterocycles. The Morgan fingerprint density at radius 1 is 1.05 bits per heavy atom. The van der Waals surface area contributed by atoms with Crippen molar-refractivity contribution in [2.75, 3.05) is 12.4 Å². The topological polar surface area (TPSA) is 34.2 Å². The van der Waals surface area contributed by atoms with Crippen LogP contribution < -0.4 is 10.1 Å². The summed E-state index contributed by atoms with van der Waals surface area (Å²) >= 11 is 0. The summed E-state index contributed by atoms with van der Waals surface area (Å²) in [7, 11) is 1.86. The van der Waals surface area contributed by atoms with Crippen LogP contribution in [0.2, 0.25) is 0 Å². The molecule has 0 aliphatic heterocycles. The van der Waals surface area contributed by atoms with Gasteiger partial charge in [0.05, 0.1) is 18.1 Å². The van der Waals surface area contributed by atoms with Gasteiger partial charge in [-0.25, -0.2) is 0 Å². The van der Waals surface area contributed by atoms with Gasteiger partial charge >= 0.3 is 0 Å². The number of aromatic nitrogens is 1. The van der Waals surface area contributed by atoms with Crippen molar-refractivity contribution in [3.05, 3.63) is 48.3 Å². The second-order valence-electron chi connectivity index (χ2n) is 5.54. The molecule has 19 heavy (non-hydrogen) atoms. The third kappa shape index (κ3) is 3.47. The number of nitrogens with zero attached hydrogens (tertiary/aromatic N) is 1. The van der Waals surface area contributed by atoms with Crippen LogP contribution in [0.5, 0.6) is 11.5 Å². The van der Waals surface area contributed by atoms with Crippen LogP contribution >= 0.6 is 0 Å². The minimum Gasteiger partial charge on any atom is -0.456 e. The zero-order valence-corrected chi connectivity index (χ0v) is 11.9. The SMILES string of the molecule is CNc1cncc(Oc2cccc(C(C)(C)C)c2)c1. The minimum atomic E-state index is 0.116. The number of benzene rings is 1. The molecule has 3 nitrogen and oxygen atoms in total. The molecule has 2 aromatic rings. The first-order chi connectivity index (χ1) is 8.99. The molecule has 1 N–H and O–H groups in total. The maximum atomic E-state index is 5.85. The maximum Gasteiger partial charge on any atom is 0.147 e. The van der Waals surface area contributed by atoms with Crippen LogP contribution in [0.1, 0.15) is 26.3 Å². The summed E-state index contributed by atoms with van der Waals surface area (Å²) in [4.78, 5) is 4.14. The van der Waals surface area contributed by atoms with E-state index in [-0.39, 0.29) is 5.41 Å². The molecule has 0 spiro atoms. The van der Waals surface area contributed by atoms with Crippen molar-refractivity contribution in [3.8, 4) is 11.5 Å². The molecule has 0 saturated heterocycles. The van der Waals surface area contributed by atoms with Crippen molar-refractivity contribution in [3.63, 3.8) is 0 Å². The summed E-state index contributed by atoms with van der Waals surface area (Å²) < 4.78 is 5.85. The normalized spacial score (nSPS) is 11.2. The Hall–Kier alpha value is -2.03.